The van der Waals surface area contributed by atoms with Gasteiger partial charge in [-0.2, -0.15) is 0 Å². The van der Waals surface area contributed by atoms with Crippen molar-refractivity contribution in [2.45, 2.75) is 38.8 Å². The molecule has 3 atom stereocenters. The number of aryl methyl sites for hydroxylation is 2. The smallest absolute Gasteiger partial charge is 0.322 e. The number of thiophene rings is 1. The van der Waals surface area contributed by atoms with E-state index < -0.39 is 0 Å². The van der Waals surface area contributed by atoms with Crippen LogP contribution in [0.25, 0.3) is 0 Å². The zero-order valence-corrected chi connectivity index (χ0v) is 17.8. The number of benzene rings is 1. The first-order chi connectivity index (χ1) is 14.0. The van der Waals surface area contributed by atoms with Gasteiger partial charge in [0.05, 0.1) is 4.88 Å². The Bertz CT molecular complexity index is 882. The fraction of sp³-hybridized carbons (Fsp3) is 0.455. The Morgan fingerprint density at radius 1 is 1.21 bits per heavy atom. The van der Waals surface area contributed by atoms with Crippen molar-refractivity contribution < 1.29 is 9.59 Å². The number of nitrogens with one attached hydrogen (secondary N) is 2. The predicted octanol–water partition coefficient (Wildman–Crippen LogP) is 3.34. The van der Waals surface area contributed by atoms with Gasteiger partial charge in [0.1, 0.15) is 0 Å². The van der Waals surface area contributed by atoms with E-state index in [4.69, 9.17) is 0 Å². The number of rotatable bonds is 5. The molecule has 0 aliphatic carbocycles. The third kappa shape index (κ3) is 4.31. The standard InChI is InChI=1S/C22H28N4O2S/c1-3-16-11-20(29-15(16)2)21(27)23-12-19-14-26(18-9-10-25(19)13-18)22(28)24-17-7-5-4-6-8-17/h4-8,11,18-19H,3,9-10,12-14H2,1-2H3,(H,23,27)(H,24,28)/t18-,19+/m0/s1. The molecule has 4 rings (SSSR count). The van der Waals surface area contributed by atoms with E-state index in [9.17, 15) is 9.59 Å². The van der Waals surface area contributed by atoms with Crippen molar-refractivity contribution in [1.82, 2.24) is 15.1 Å². The number of amides is 3. The van der Waals surface area contributed by atoms with Crippen molar-refractivity contribution in [3.63, 3.8) is 0 Å². The van der Waals surface area contributed by atoms with Gasteiger partial charge in [0.15, 0.2) is 0 Å². The molecule has 2 bridgehead atoms. The number of nitrogens with zero attached hydrogens (tertiary/aromatic N) is 2. The average molecular weight is 413 g/mol. The van der Waals surface area contributed by atoms with Gasteiger partial charge in [0.25, 0.3) is 5.91 Å². The van der Waals surface area contributed by atoms with Crippen molar-refractivity contribution in [2.24, 2.45) is 0 Å². The number of hydrogen-bond acceptors (Lipinski definition) is 4. The van der Waals surface area contributed by atoms with Gasteiger partial charge in [-0.3, -0.25) is 9.69 Å². The lowest BCUT2D eigenvalue weighted by Crippen LogP contribution is -2.58. The summed E-state index contributed by atoms with van der Waals surface area (Å²) >= 11 is 1.55. The summed E-state index contributed by atoms with van der Waals surface area (Å²) in [5.74, 6) is -0.0144. The Morgan fingerprint density at radius 2 is 2.00 bits per heavy atom. The van der Waals surface area contributed by atoms with Crippen LogP contribution in [0.2, 0.25) is 0 Å². The molecule has 0 radical (unpaired) electrons. The molecule has 3 heterocycles. The summed E-state index contributed by atoms with van der Waals surface area (Å²) in [6.07, 6.45) is 1.93. The van der Waals surface area contributed by atoms with Crippen LogP contribution in [0, 0.1) is 6.92 Å². The van der Waals surface area contributed by atoms with Gasteiger partial charge in [0.2, 0.25) is 0 Å². The van der Waals surface area contributed by atoms with Crippen LogP contribution in [-0.4, -0.2) is 60.0 Å². The lowest BCUT2D eigenvalue weighted by Gasteiger charge is -2.40. The van der Waals surface area contributed by atoms with Gasteiger partial charge in [0, 0.05) is 48.8 Å². The molecule has 1 unspecified atom stereocenters. The number of hydrogen-bond donors (Lipinski definition) is 2. The Hall–Kier alpha value is -2.38. The van der Waals surface area contributed by atoms with Crippen molar-refractivity contribution >= 4 is 29.0 Å². The van der Waals surface area contributed by atoms with Crippen molar-refractivity contribution in [3.05, 3.63) is 51.7 Å². The molecular weight excluding hydrogens is 384 g/mol. The molecule has 2 saturated heterocycles. The molecule has 2 aliphatic heterocycles. The van der Waals surface area contributed by atoms with E-state index in [1.165, 1.54) is 10.4 Å². The second-order valence-corrected chi connectivity index (χ2v) is 9.05. The molecule has 29 heavy (non-hydrogen) atoms. The zero-order valence-electron chi connectivity index (χ0n) is 17.0. The van der Waals surface area contributed by atoms with Crippen molar-refractivity contribution in [3.8, 4) is 0 Å². The minimum absolute atomic E-state index is 0.0144. The van der Waals surface area contributed by atoms with Crippen LogP contribution in [0.3, 0.4) is 0 Å². The van der Waals surface area contributed by atoms with Crippen LogP contribution in [-0.2, 0) is 6.42 Å². The number of anilines is 1. The van der Waals surface area contributed by atoms with E-state index in [0.29, 0.717) is 13.1 Å². The molecule has 1 aromatic carbocycles. The van der Waals surface area contributed by atoms with Crippen LogP contribution in [0.15, 0.2) is 36.4 Å². The van der Waals surface area contributed by atoms with Crippen LogP contribution < -0.4 is 10.6 Å². The molecule has 2 aliphatic rings. The number of carbonyl (C=O) groups is 2. The van der Waals surface area contributed by atoms with Crippen molar-refractivity contribution in [2.75, 3.05) is 31.5 Å². The minimum atomic E-state index is -0.0551. The maximum absolute atomic E-state index is 12.8. The maximum atomic E-state index is 12.8. The lowest BCUT2D eigenvalue weighted by molar-refractivity contribution is 0.0886. The molecule has 0 saturated carbocycles. The molecular formula is C22H28N4O2S. The topological polar surface area (TPSA) is 64.7 Å². The van der Waals surface area contributed by atoms with Gasteiger partial charge in [-0.05, 0) is 43.5 Å². The average Bonchev–Trinajstić information content (AvgIpc) is 3.32. The van der Waals surface area contributed by atoms with Crippen LogP contribution in [0.1, 0.15) is 33.5 Å². The normalized spacial score (nSPS) is 23.1. The van der Waals surface area contributed by atoms with Gasteiger partial charge in [-0.15, -0.1) is 11.3 Å². The lowest BCUT2D eigenvalue weighted by atomic mass is 10.1. The maximum Gasteiger partial charge on any atom is 0.322 e. The largest absolute Gasteiger partial charge is 0.350 e. The summed E-state index contributed by atoms with van der Waals surface area (Å²) in [7, 11) is 0. The Morgan fingerprint density at radius 3 is 2.72 bits per heavy atom. The van der Waals surface area contributed by atoms with E-state index in [1.54, 1.807) is 11.3 Å². The molecule has 7 heteroatoms. The van der Waals surface area contributed by atoms with Crippen molar-refractivity contribution in [1.29, 1.82) is 0 Å². The summed E-state index contributed by atoms with van der Waals surface area (Å²) in [5.41, 5.74) is 2.05. The van der Waals surface area contributed by atoms with Crippen LogP contribution in [0.5, 0.6) is 0 Å². The van der Waals surface area contributed by atoms with E-state index in [0.717, 1.165) is 36.5 Å². The summed E-state index contributed by atoms with van der Waals surface area (Å²) < 4.78 is 0. The third-order valence-corrected chi connectivity index (χ3v) is 7.06. The molecule has 6 nitrogen and oxygen atoms in total. The third-order valence-electron chi connectivity index (χ3n) is 5.97. The Kier molecular flexibility index (Phi) is 5.87. The molecule has 2 fully saturated rings. The SMILES string of the molecule is CCc1cc(C(=O)NC[C@@H]2CN(C(=O)Nc3ccccc3)[C@H]3CCN2C3)sc1C. The quantitative estimate of drug-likeness (QED) is 0.792. The predicted molar refractivity (Wildman–Crippen MR) is 117 cm³/mol. The van der Waals surface area contributed by atoms with Gasteiger partial charge in [-0.1, -0.05) is 25.1 Å². The summed E-state index contributed by atoms with van der Waals surface area (Å²) in [4.78, 5) is 31.8. The summed E-state index contributed by atoms with van der Waals surface area (Å²) in [6.45, 7) is 7.21. The first-order valence-corrected chi connectivity index (χ1v) is 11.1. The first kappa shape index (κ1) is 19.9. The highest BCUT2D eigenvalue weighted by Gasteiger charge is 2.40. The molecule has 3 amide bonds. The molecule has 154 valence electrons. The summed E-state index contributed by atoms with van der Waals surface area (Å²) in [6, 6.07) is 11.9. The minimum Gasteiger partial charge on any atom is -0.350 e. The second-order valence-electron chi connectivity index (χ2n) is 7.80. The monoisotopic (exact) mass is 412 g/mol. The number of para-hydroxylation sites is 1. The fourth-order valence-electron chi connectivity index (χ4n) is 4.29. The van der Waals surface area contributed by atoms with E-state index in [1.807, 2.05) is 41.3 Å². The molecule has 0 spiro atoms. The highest BCUT2D eigenvalue weighted by molar-refractivity contribution is 7.14. The highest BCUT2D eigenvalue weighted by atomic mass is 32.1. The van der Waals surface area contributed by atoms with Gasteiger partial charge >= 0.3 is 6.03 Å². The van der Waals surface area contributed by atoms with Crippen LogP contribution in [0.4, 0.5) is 10.5 Å². The molecule has 2 aromatic rings. The number of fused-ring (bicyclic) bond motifs is 2. The zero-order chi connectivity index (χ0) is 20.4. The number of urea groups is 1. The number of carbonyl (C=O) groups excluding carboxylic acids is 2. The Labute approximate surface area is 175 Å². The molecule has 1 aromatic heterocycles. The second kappa shape index (κ2) is 8.55. The molecule has 2 N–H and O–H groups in total. The fourth-order valence-corrected chi connectivity index (χ4v) is 5.32. The summed E-state index contributed by atoms with van der Waals surface area (Å²) in [5, 5.41) is 6.10. The number of piperazine rings is 1. The van der Waals surface area contributed by atoms with Crippen LogP contribution >= 0.6 is 11.3 Å². The van der Waals surface area contributed by atoms with E-state index >= 15 is 0 Å². The first-order valence-electron chi connectivity index (χ1n) is 10.3. The van der Waals surface area contributed by atoms with Gasteiger partial charge in [-0.25, -0.2) is 4.79 Å². The highest BCUT2D eigenvalue weighted by Crippen LogP contribution is 2.26. The van der Waals surface area contributed by atoms with E-state index in [2.05, 4.69) is 29.4 Å². The van der Waals surface area contributed by atoms with Gasteiger partial charge < -0.3 is 15.5 Å². The Balaban J connectivity index is 1.37. The van der Waals surface area contributed by atoms with E-state index in [-0.39, 0.29) is 24.0 Å².